The van der Waals surface area contributed by atoms with Crippen LogP contribution in [0.15, 0.2) is 36.4 Å². The largest absolute Gasteiger partial charge is 0.464 e. The van der Waals surface area contributed by atoms with Crippen LogP contribution in [-0.4, -0.2) is 54.1 Å². The van der Waals surface area contributed by atoms with Gasteiger partial charge in [-0.05, 0) is 43.9 Å². The Morgan fingerprint density at radius 3 is 2.42 bits per heavy atom. The smallest absolute Gasteiger partial charge is 0.356 e. The molecule has 5 rings (SSSR count). The number of fused-ring (bicyclic) bond motifs is 1. The van der Waals surface area contributed by atoms with E-state index in [2.05, 4.69) is 4.90 Å². The van der Waals surface area contributed by atoms with Gasteiger partial charge in [-0.2, -0.15) is 5.10 Å². The summed E-state index contributed by atoms with van der Waals surface area (Å²) in [5.41, 5.74) is 4.11. The Hall–Kier alpha value is -2.93. The van der Waals surface area contributed by atoms with Crippen LogP contribution in [0.3, 0.4) is 0 Å². The van der Waals surface area contributed by atoms with Crippen molar-refractivity contribution in [2.24, 2.45) is 0 Å². The number of piperidine rings is 1. The Kier molecular flexibility index (Phi) is 5.36. The van der Waals surface area contributed by atoms with E-state index >= 15 is 0 Å². The highest BCUT2D eigenvalue weighted by atomic mass is 16.5. The molecule has 1 aliphatic carbocycles. The summed E-state index contributed by atoms with van der Waals surface area (Å²) in [5.74, 6) is 0.00874. The fraction of sp³-hybridized carbons (Fsp3) is 0.458. The molecule has 0 N–H and O–H groups in total. The maximum absolute atomic E-state index is 12.5. The van der Waals surface area contributed by atoms with Crippen LogP contribution in [0.4, 0.5) is 5.69 Å². The van der Waals surface area contributed by atoms with Gasteiger partial charge in [-0.3, -0.25) is 0 Å². The highest BCUT2D eigenvalue weighted by Gasteiger charge is 2.31. The zero-order valence-corrected chi connectivity index (χ0v) is 18.1. The van der Waals surface area contributed by atoms with Gasteiger partial charge in [0, 0.05) is 26.1 Å². The van der Waals surface area contributed by atoms with Crippen molar-refractivity contribution in [3.63, 3.8) is 0 Å². The molecule has 0 amide bonds. The molecule has 1 aromatic carbocycles. The molecule has 0 unspecified atom stereocenters. The Morgan fingerprint density at radius 2 is 1.81 bits per heavy atom. The van der Waals surface area contributed by atoms with Crippen LogP contribution in [0, 0.1) is 0 Å². The van der Waals surface area contributed by atoms with Crippen molar-refractivity contribution in [3.8, 4) is 5.69 Å². The zero-order chi connectivity index (χ0) is 21.4. The quantitative estimate of drug-likeness (QED) is 0.579. The van der Waals surface area contributed by atoms with E-state index in [1.807, 2.05) is 41.1 Å². The minimum absolute atomic E-state index is 0.284. The first-order valence-corrected chi connectivity index (χ1v) is 11.0. The van der Waals surface area contributed by atoms with Gasteiger partial charge in [0.15, 0.2) is 11.3 Å². The summed E-state index contributed by atoms with van der Waals surface area (Å²) < 4.78 is 12.5. The summed E-state index contributed by atoms with van der Waals surface area (Å²) in [6.07, 6.45) is 5.72. The van der Waals surface area contributed by atoms with Gasteiger partial charge >= 0.3 is 5.97 Å². The van der Waals surface area contributed by atoms with Crippen LogP contribution in [0.2, 0.25) is 0 Å². The first-order chi connectivity index (χ1) is 15.2. The van der Waals surface area contributed by atoms with E-state index < -0.39 is 5.97 Å². The van der Waals surface area contributed by atoms with Crippen molar-refractivity contribution in [1.29, 1.82) is 0 Å². The molecule has 1 saturated heterocycles. The molecule has 3 aromatic rings. The number of ether oxygens (including phenoxy) is 2. The van der Waals surface area contributed by atoms with Gasteiger partial charge in [-0.1, -0.05) is 24.6 Å². The van der Waals surface area contributed by atoms with E-state index in [-0.39, 0.29) is 6.10 Å². The summed E-state index contributed by atoms with van der Waals surface area (Å²) >= 11 is 0. The summed E-state index contributed by atoms with van der Waals surface area (Å²) in [5, 5.41) is 6.11. The number of aromatic nitrogens is 3. The van der Waals surface area contributed by atoms with Crippen LogP contribution in [0.5, 0.6) is 0 Å². The van der Waals surface area contributed by atoms with E-state index in [1.54, 1.807) is 7.11 Å². The van der Waals surface area contributed by atoms with E-state index in [4.69, 9.17) is 19.6 Å². The highest BCUT2D eigenvalue weighted by Crippen LogP contribution is 2.43. The van der Waals surface area contributed by atoms with Crippen LogP contribution >= 0.6 is 0 Å². The molecular formula is C24H28N4O3. The Labute approximate surface area is 182 Å². The van der Waals surface area contributed by atoms with Gasteiger partial charge in [0.2, 0.25) is 0 Å². The maximum Gasteiger partial charge on any atom is 0.356 e. The number of carbonyl (C=O) groups excluding carboxylic acids is 1. The minimum Gasteiger partial charge on any atom is -0.464 e. The number of pyridine rings is 1. The number of benzene rings is 1. The number of hydrogen-bond donors (Lipinski definition) is 0. The van der Waals surface area contributed by atoms with Gasteiger partial charge < -0.3 is 14.4 Å². The first kappa shape index (κ1) is 20.0. The normalized spacial score (nSPS) is 17.7. The molecule has 0 spiro atoms. The number of para-hydroxylation sites is 1. The standard InChI is InChI=1S/C24H28N4O3/c1-30-18-11-13-27(14-12-18)20-15-19(24(29)31-2)25-23-21(20)22(16-7-6-8-16)26-28(23)17-9-4-3-5-10-17/h3-5,9-10,15-16,18H,6-8,11-14H2,1-2H3. The summed E-state index contributed by atoms with van der Waals surface area (Å²) in [6.45, 7) is 1.75. The molecule has 162 valence electrons. The third kappa shape index (κ3) is 3.57. The highest BCUT2D eigenvalue weighted by molar-refractivity contribution is 5.99. The molecule has 7 nitrogen and oxygen atoms in total. The predicted octanol–water partition coefficient (Wildman–Crippen LogP) is 4.09. The molecule has 2 aromatic heterocycles. The average molecular weight is 421 g/mol. The average Bonchev–Trinajstić information content (AvgIpc) is 3.16. The molecular weight excluding hydrogens is 392 g/mol. The SMILES string of the molecule is COC(=O)c1cc(N2CCC(OC)CC2)c2c(C3CCC3)nn(-c3ccccc3)c2n1. The number of rotatable bonds is 5. The van der Waals surface area contributed by atoms with Crippen molar-refractivity contribution in [2.75, 3.05) is 32.2 Å². The number of anilines is 1. The van der Waals surface area contributed by atoms with Gasteiger partial charge in [-0.15, -0.1) is 0 Å². The molecule has 0 bridgehead atoms. The van der Waals surface area contributed by atoms with Gasteiger partial charge in [-0.25, -0.2) is 14.5 Å². The van der Waals surface area contributed by atoms with Crippen molar-refractivity contribution < 1.29 is 14.3 Å². The Morgan fingerprint density at radius 1 is 1.06 bits per heavy atom. The van der Waals surface area contributed by atoms with E-state index in [9.17, 15) is 4.79 Å². The number of hydrogen-bond acceptors (Lipinski definition) is 6. The molecule has 31 heavy (non-hydrogen) atoms. The lowest BCUT2D eigenvalue weighted by Crippen LogP contribution is -2.37. The number of methoxy groups -OCH3 is 2. The molecule has 2 fully saturated rings. The Bertz CT molecular complexity index is 1080. The third-order valence-electron chi connectivity index (χ3n) is 6.65. The number of carbonyl (C=O) groups is 1. The fourth-order valence-electron chi connectivity index (χ4n) is 4.63. The molecule has 7 heteroatoms. The van der Waals surface area contributed by atoms with Gasteiger partial charge in [0.1, 0.15) is 0 Å². The monoisotopic (exact) mass is 420 g/mol. The zero-order valence-electron chi connectivity index (χ0n) is 18.1. The second kappa shape index (κ2) is 8.30. The molecule has 0 radical (unpaired) electrons. The van der Waals surface area contributed by atoms with Crippen molar-refractivity contribution in [1.82, 2.24) is 14.8 Å². The van der Waals surface area contributed by atoms with E-state index in [1.165, 1.54) is 13.5 Å². The van der Waals surface area contributed by atoms with Crippen molar-refractivity contribution >= 4 is 22.7 Å². The molecule has 0 atom stereocenters. The summed E-state index contributed by atoms with van der Waals surface area (Å²) in [7, 11) is 3.17. The van der Waals surface area contributed by atoms with Crippen molar-refractivity contribution in [2.45, 2.75) is 44.1 Å². The van der Waals surface area contributed by atoms with E-state index in [0.717, 1.165) is 66.9 Å². The molecule has 3 heterocycles. The van der Waals surface area contributed by atoms with Crippen LogP contribution in [0.1, 0.15) is 54.2 Å². The second-order valence-corrected chi connectivity index (χ2v) is 8.40. The molecule has 1 saturated carbocycles. The second-order valence-electron chi connectivity index (χ2n) is 8.40. The lowest BCUT2D eigenvalue weighted by Gasteiger charge is -2.34. The van der Waals surface area contributed by atoms with Gasteiger partial charge in [0.25, 0.3) is 0 Å². The third-order valence-corrected chi connectivity index (χ3v) is 6.65. The number of esters is 1. The van der Waals surface area contributed by atoms with Crippen LogP contribution in [-0.2, 0) is 9.47 Å². The fourth-order valence-corrected chi connectivity index (χ4v) is 4.63. The predicted molar refractivity (Wildman–Crippen MR) is 119 cm³/mol. The van der Waals surface area contributed by atoms with Crippen LogP contribution < -0.4 is 4.90 Å². The number of nitrogens with zero attached hydrogens (tertiary/aromatic N) is 4. The van der Waals surface area contributed by atoms with E-state index in [0.29, 0.717) is 11.6 Å². The minimum atomic E-state index is -0.430. The topological polar surface area (TPSA) is 69.5 Å². The van der Waals surface area contributed by atoms with Crippen LogP contribution in [0.25, 0.3) is 16.7 Å². The summed E-state index contributed by atoms with van der Waals surface area (Å²) in [6, 6.07) is 11.9. The summed E-state index contributed by atoms with van der Waals surface area (Å²) in [4.78, 5) is 19.6. The lowest BCUT2D eigenvalue weighted by atomic mass is 9.82. The Balaban J connectivity index is 1.72. The first-order valence-electron chi connectivity index (χ1n) is 11.0. The lowest BCUT2D eigenvalue weighted by molar-refractivity contribution is 0.0594. The maximum atomic E-state index is 12.5. The molecule has 2 aliphatic rings. The molecule has 1 aliphatic heterocycles. The van der Waals surface area contributed by atoms with Gasteiger partial charge in [0.05, 0.1) is 35.7 Å². The van der Waals surface area contributed by atoms with Crippen molar-refractivity contribution in [3.05, 3.63) is 47.8 Å².